The van der Waals surface area contributed by atoms with E-state index >= 15 is 0 Å². The van der Waals surface area contributed by atoms with Crippen LogP contribution >= 0.6 is 0 Å². The Morgan fingerprint density at radius 2 is 1.66 bits per heavy atom. The zero-order chi connectivity index (χ0) is 28.1. The number of carbonyl (C=O) groups excluding carboxylic acids is 1. The normalized spacial score (nSPS) is 20.3. The van der Waals surface area contributed by atoms with Gasteiger partial charge in [0.2, 0.25) is 5.95 Å². The molecule has 2 aliphatic rings. The summed E-state index contributed by atoms with van der Waals surface area (Å²) < 4.78 is 2.29. The molecule has 6 heteroatoms. The minimum Gasteiger partial charge on any atom is -0.353 e. The van der Waals surface area contributed by atoms with Gasteiger partial charge in [-0.25, -0.2) is 4.98 Å². The number of fused-ring (bicyclic) bond motifs is 1. The molecule has 2 saturated heterocycles. The number of nitrogens with zero attached hydrogens (tertiary/aromatic N) is 4. The number of hydrogen-bond donors (Lipinski definition) is 1. The molecule has 0 radical (unpaired) electrons. The molecule has 2 fully saturated rings. The number of imidazole rings is 1. The maximum Gasteiger partial charge on any atom is 0.253 e. The smallest absolute Gasteiger partial charge is 0.253 e. The first-order chi connectivity index (χ1) is 20.1. The third kappa shape index (κ3) is 5.94. The molecule has 4 aromatic rings. The van der Waals surface area contributed by atoms with Gasteiger partial charge in [0.1, 0.15) is 0 Å². The summed E-state index contributed by atoms with van der Waals surface area (Å²) in [6.45, 7) is 7.68. The molecule has 0 spiro atoms. The molecule has 1 atom stereocenters. The minimum atomic E-state index is -0.00154. The van der Waals surface area contributed by atoms with Gasteiger partial charge < -0.3 is 19.7 Å². The van der Waals surface area contributed by atoms with E-state index in [0.717, 1.165) is 82.0 Å². The molecular weight excluding hydrogens is 506 g/mol. The summed E-state index contributed by atoms with van der Waals surface area (Å²) in [7, 11) is 0. The average Bonchev–Trinajstić information content (AvgIpc) is 3.62. The number of likely N-dealkylation sites (tertiary alicyclic amines) is 2. The molecule has 1 aromatic heterocycles. The van der Waals surface area contributed by atoms with Crippen molar-refractivity contribution in [3.05, 3.63) is 108 Å². The van der Waals surface area contributed by atoms with E-state index < -0.39 is 0 Å². The molecule has 1 amide bonds. The van der Waals surface area contributed by atoms with Crippen LogP contribution in [0.1, 0.15) is 48.5 Å². The fraction of sp³-hybridized carbons (Fsp3) is 0.371. The lowest BCUT2D eigenvalue weighted by atomic mass is 9.76. The number of anilines is 1. The number of rotatable bonds is 9. The van der Waals surface area contributed by atoms with Crippen LogP contribution in [0.15, 0.2) is 97.1 Å². The summed E-state index contributed by atoms with van der Waals surface area (Å²) in [6.07, 6.45) is 8.55. The third-order valence-electron chi connectivity index (χ3n) is 9.05. The van der Waals surface area contributed by atoms with Crippen LogP contribution < -0.4 is 5.32 Å². The summed E-state index contributed by atoms with van der Waals surface area (Å²) in [4.78, 5) is 22.9. The van der Waals surface area contributed by atoms with Crippen molar-refractivity contribution in [2.75, 3.05) is 38.0 Å². The number of benzene rings is 3. The van der Waals surface area contributed by atoms with E-state index in [2.05, 4.69) is 93.4 Å². The molecule has 1 N–H and O–H groups in total. The van der Waals surface area contributed by atoms with Crippen molar-refractivity contribution in [2.24, 2.45) is 0 Å². The number of para-hydroxylation sites is 2. The molecule has 0 saturated carbocycles. The van der Waals surface area contributed by atoms with Gasteiger partial charge in [0.25, 0.3) is 5.91 Å². The van der Waals surface area contributed by atoms with Crippen LogP contribution in [-0.4, -0.2) is 64.0 Å². The standard InChI is InChI=1S/C35H41N5O/c1-2-3-22-40-32-17-11-10-16-31(32)37-34(40)36-30-18-23-38(24-19-30)25-20-35(29-14-8-5-9-15-29)21-26-39(27-35)33(41)28-12-6-4-7-13-28/h2-17,30H,18-27H2,1H3,(H,36,37)/b3-2+. The van der Waals surface area contributed by atoms with E-state index in [1.54, 1.807) is 0 Å². The lowest BCUT2D eigenvalue weighted by molar-refractivity contribution is 0.0780. The maximum absolute atomic E-state index is 13.3. The minimum absolute atomic E-state index is 0.00154. The van der Waals surface area contributed by atoms with Crippen LogP contribution in [0.4, 0.5) is 5.95 Å². The van der Waals surface area contributed by atoms with Gasteiger partial charge in [-0.2, -0.15) is 0 Å². The molecule has 6 nitrogen and oxygen atoms in total. The van der Waals surface area contributed by atoms with Crippen molar-refractivity contribution in [3.8, 4) is 0 Å². The summed E-state index contributed by atoms with van der Waals surface area (Å²) in [5, 5.41) is 3.78. The molecule has 41 heavy (non-hydrogen) atoms. The highest BCUT2D eigenvalue weighted by molar-refractivity contribution is 5.94. The van der Waals surface area contributed by atoms with E-state index in [1.807, 2.05) is 30.3 Å². The Balaban J connectivity index is 1.09. The van der Waals surface area contributed by atoms with Gasteiger partial charge in [-0.3, -0.25) is 4.79 Å². The van der Waals surface area contributed by atoms with E-state index in [9.17, 15) is 4.79 Å². The van der Waals surface area contributed by atoms with Gasteiger partial charge in [0.05, 0.1) is 11.0 Å². The predicted molar refractivity (Wildman–Crippen MR) is 167 cm³/mol. The number of amides is 1. The second kappa shape index (κ2) is 12.3. The second-order valence-corrected chi connectivity index (χ2v) is 11.6. The van der Waals surface area contributed by atoms with Gasteiger partial charge in [0, 0.05) is 49.7 Å². The highest BCUT2D eigenvalue weighted by atomic mass is 16.2. The monoisotopic (exact) mass is 547 g/mol. The summed E-state index contributed by atoms with van der Waals surface area (Å²) in [5.41, 5.74) is 4.36. The third-order valence-corrected chi connectivity index (χ3v) is 9.05. The second-order valence-electron chi connectivity index (χ2n) is 11.6. The molecule has 6 rings (SSSR count). The van der Waals surface area contributed by atoms with Crippen LogP contribution in [0, 0.1) is 0 Å². The molecule has 212 valence electrons. The molecule has 1 unspecified atom stereocenters. The van der Waals surface area contributed by atoms with Gasteiger partial charge >= 0.3 is 0 Å². The van der Waals surface area contributed by atoms with E-state index in [0.29, 0.717) is 6.04 Å². The van der Waals surface area contributed by atoms with Crippen molar-refractivity contribution in [3.63, 3.8) is 0 Å². The fourth-order valence-electron chi connectivity index (χ4n) is 6.62. The zero-order valence-corrected chi connectivity index (χ0v) is 24.1. The Kier molecular flexibility index (Phi) is 8.19. The van der Waals surface area contributed by atoms with Crippen molar-refractivity contribution in [1.29, 1.82) is 0 Å². The van der Waals surface area contributed by atoms with Gasteiger partial charge in [0.15, 0.2) is 0 Å². The quantitative estimate of drug-likeness (QED) is 0.248. The Labute approximate surface area is 243 Å². The highest BCUT2D eigenvalue weighted by Crippen LogP contribution is 2.39. The maximum atomic E-state index is 13.3. The fourth-order valence-corrected chi connectivity index (χ4v) is 6.62. The molecule has 3 heterocycles. The van der Waals surface area contributed by atoms with E-state index in [1.165, 1.54) is 11.1 Å². The van der Waals surface area contributed by atoms with Crippen molar-refractivity contribution in [1.82, 2.24) is 19.4 Å². The lowest BCUT2D eigenvalue weighted by Crippen LogP contribution is -2.42. The van der Waals surface area contributed by atoms with Crippen LogP contribution in [-0.2, 0) is 12.0 Å². The van der Waals surface area contributed by atoms with Crippen LogP contribution in [0.25, 0.3) is 11.0 Å². The van der Waals surface area contributed by atoms with Gasteiger partial charge in [-0.05, 0) is 69.0 Å². The SMILES string of the molecule is C/C=C/Cn1c(NC2CCN(CCC3(c4ccccc4)CCN(C(=O)c4ccccc4)C3)CC2)nc2ccccc21. The molecule has 3 aromatic carbocycles. The van der Waals surface area contributed by atoms with Crippen LogP contribution in [0.5, 0.6) is 0 Å². The largest absolute Gasteiger partial charge is 0.353 e. The Hall–Kier alpha value is -3.90. The van der Waals surface area contributed by atoms with Crippen LogP contribution in [0.3, 0.4) is 0 Å². The van der Waals surface area contributed by atoms with E-state index in [4.69, 9.17) is 4.98 Å². The van der Waals surface area contributed by atoms with Gasteiger partial charge in [-0.15, -0.1) is 0 Å². The molecule has 2 aliphatic heterocycles. The van der Waals surface area contributed by atoms with Crippen LogP contribution in [0.2, 0.25) is 0 Å². The molecule has 0 aliphatic carbocycles. The molecular formula is C35H41N5O. The van der Waals surface area contributed by atoms with Gasteiger partial charge in [-0.1, -0.05) is 72.8 Å². The lowest BCUT2D eigenvalue weighted by Gasteiger charge is -2.36. The van der Waals surface area contributed by atoms with Crippen molar-refractivity contribution >= 4 is 22.9 Å². The Morgan fingerprint density at radius 3 is 2.41 bits per heavy atom. The topological polar surface area (TPSA) is 53.4 Å². The summed E-state index contributed by atoms with van der Waals surface area (Å²) in [5.74, 6) is 1.12. The predicted octanol–water partition coefficient (Wildman–Crippen LogP) is 6.36. The number of allylic oxidation sites excluding steroid dienone is 2. The summed E-state index contributed by atoms with van der Waals surface area (Å²) >= 11 is 0. The number of carbonyl (C=O) groups is 1. The van der Waals surface area contributed by atoms with Crippen molar-refractivity contribution in [2.45, 2.75) is 50.6 Å². The van der Waals surface area contributed by atoms with Crippen molar-refractivity contribution < 1.29 is 4.79 Å². The number of nitrogens with one attached hydrogen (secondary N) is 1. The Bertz CT molecular complexity index is 1470. The Morgan fingerprint density at radius 1 is 0.951 bits per heavy atom. The zero-order valence-electron chi connectivity index (χ0n) is 24.1. The van der Waals surface area contributed by atoms with E-state index in [-0.39, 0.29) is 11.3 Å². The number of aromatic nitrogens is 2. The number of hydrogen-bond acceptors (Lipinski definition) is 4. The number of piperidine rings is 1. The first-order valence-electron chi connectivity index (χ1n) is 15.1. The molecule has 0 bridgehead atoms. The average molecular weight is 548 g/mol. The summed E-state index contributed by atoms with van der Waals surface area (Å²) in [6, 6.07) is 29.4. The first kappa shape index (κ1) is 27.3. The highest BCUT2D eigenvalue weighted by Gasteiger charge is 2.41. The first-order valence-corrected chi connectivity index (χ1v) is 15.1.